The first kappa shape index (κ1) is 34.2. The summed E-state index contributed by atoms with van der Waals surface area (Å²) in [5, 5.41) is 6.51. The molecule has 1 amide bonds. The number of nitrogens with one attached hydrogen (secondary N) is 2. The van der Waals surface area contributed by atoms with Crippen molar-refractivity contribution in [2.45, 2.75) is 90.9 Å². The third kappa shape index (κ3) is 8.55. The molecule has 0 saturated carbocycles. The molecular formula is C33H46F2N6O3Si. The number of hydrogen-bond donors (Lipinski definition) is 2. The highest BCUT2D eigenvalue weighted by atomic mass is 28.4. The summed E-state index contributed by atoms with van der Waals surface area (Å²) in [7, 11) is -2.16. The second kappa shape index (κ2) is 13.4. The first-order chi connectivity index (χ1) is 20.9. The molecular weight excluding hydrogens is 594 g/mol. The molecule has 2 N–H and O–H groups in total. The van der Waals surface area contributed by atoms with E-state index in [0.717, 1.165) is 11.4 Å². The molecule has 3 atom stereocenters. The molecule has 45 heavy (non-hydrogen) atoms. The van der Waals surface area contributed by atoms with Crippen molar-refractivity contribution < 1.29 is 22.7 Å². The maximum atomic E-state index is 14.4. The van der Waals surface area contributed by atoms with E-state index < -0.39 is 31.6 Å². The lowest BCUT2D eigenvalue weighted by molar-refractivity contribution is 0.0336. The van der Waals surface area contributed by atoms with E-state index >= 15 is 0 Å². The van der Waals surface area contributed by atoms with E-state index in [1.807, 2.05) is 26.8 Å². The van der Waals surface area contributed by atoms with Crippen LogP contribution in [0.4, 0.5) is 25.0 Å². The molecule has 0 spiro atoms. The monoisotopic (exact) mass is 640 g/mol. The Bertz CT molecular complexity index is 1470. The molecule has 9 nitrogen and oxygen atoms in total. The molecule has 12 heteroatoms. The first-order valence-corrected chi connectivity index (χ1v) is 18.2. The quantitative estimate of drug-likeness (QED) is 0.250. The minimum Gasteiger partial charge on any atom is -0.444 e. The van der Waals surface area contributed by atoms with Crippen LogP contribution in [0.2, 0.25) is 18.1 Å². The third-order valence-electron chi connectivity index (χ3n) is 8.32. The van der Waals surface area contributed by atoms with Crippen molar-refractivity contribution in [2.75, 3.05) is 23.3 Å². The fraction of sp³-hybridized carbons (Fsp3) is 0.515. The fourth-order valence-electron chi connectivity index (χ4n) is 5.07. The van der Waals surface area contributed by atoms with Gasteiger partial charge in [-0.3, -0.25) is 4.98 Å². The number of piperidine rings is 1. The summed E-state index contributed by atoms with van der Waals surface area (Å²) in [6, 6.07) is 6.95. The lowest BCUT2D eigenvalue weighted by atomic mass is 9.92. The van der Waals surface area contributed by atoms with Crippen molar-refractivity contribution >= 4 is 25.8 Å². The molecule has 1 aromatic carbocycles. The third-order valence-corrected chi connectivity index (χ3v) is 12.8. The fourth-order valence-corrected chi connectivity index (χ4v) is 6.50. The zero-order chi connectivity index (χ0) is 33.2. The van der Waals surface area contributed by atoms with Gasteiger partial charge in [0.2, 0.25) is 0 Å². The molecule has 1 saturated heterocycles. The van der Waals surface area contributed by atoms with Gasteiger partial charge in [-0.05, 0) is 63.2 Å². The topological polar surface area (TPSA) is 102 Å². The van der Waals surface area contributed by atoms with Crippen molar-refractivity contribution in [2.24, 2.45) is 5.92 Å². The number of amides is 1. The molecule has 3 aromatic rings. The smallest absolute Gasteiger partial charge is 0.408 e. The number of anilines is 2. The average molecular weight is 641 g/mol. The highest BCUT2D eigenvalue weighted by Gasteiger charge is 2.45. The van der Waals surface area contributed by atoms with Crippen LogP contribution in [0.3, 0.4) is 0 Å². The largest absolute Gasteiger partial charge is 0.444 e. The molecule has 0 aliphatic carbocycles. The number of benzene rings is 1. The van der Waals surface area contributed by atoms with Gasteiger partial charge in [-0.1, -0.05) is 33.8 Å². The summed E-state index contributed by atoms with van der Waals surface area (Å²) in [4.78, 5) is 28.0. The number of aromatic nitrogens is 3. The van der Waals surface area contributed by atoms with Crippen LogP contribution in [-0.2, 0) is 15.7 Å². The number of carbonyl (C=O) groups excluding carboxylic acids is 1. The van der Waals surface area contributed by atoms with Gasteiger partial charge in [-0.25, -0.2) is 23.5 Å². The van der Waals surface area contributed by atoms with Crippen LogP contribution in [0.5, 0.6) is 0 Å². The lowest BCUT2D eigenvalue weighted by Crippen LogP contribution is -2.62. The Hall–Kier alpha value is -3.64. The van der Waals surface area contributed by atoms with Crippen LogP contribution in [0.15, 0.2) is 48.9 Å². The van der Waals surface area contributed by atoms with Crippen molar-refractivity contribution in [3.63, 3.8) is 0 Å². The summed E-state index contributed by atoms with van der Waals surface area (Å²) in [5.74, 6) is -1.39. The van der Waals surface area contributed by atoms with Gasteiger partial charge >= 0.3 is 6.09 Å². The predicted molar refractivity (Wildman–Crippen MR) is 176 cm³/mol. The number of ether oxygens (including phenoxy) is 1. The highest BCUT2D eigenvalue weighted by molar-refractivity contribution is 6.74. The Morgan fingerprint density at radius 2 is 1.73 bits per heavy atom. The highest BCUT2D eigenvalue weighted by Crippen LogP contribution is 2.40. The Morgan fingerprint density at radius 3 is 2.38 bits per heavy atom. The Morgan fingerprint density at radius 1 is 1.04 bits per heavy atom. The number of rotatable bonds is 8. The van der Waals surface area contributed by atoms with E-state index in [2.05, 4.69) is 71.3 Å². The average Bonchev–Trinajstić information content (AvgIpc) is 2.92. The molecule has 1 aliphatic rings. The summed E-state index contributed by atoms with van der Waals surface area (Å²) < 4.78 is 41.3. The van der Waals surface area contributed by atoms with Crippen LogP contribution in [0, 0.1) is 17.6 Å². The summed E-state index contributed by atoms with van der Waals surface area (Å²) >= 11 is 0. The van der Waals surface area contributed by atoms with Crippen molar-refractivity contribution in [1.82, 2.24) is 20.3 Å². The summed E-state index contributed by atoms with van der Waals surface area (Å²) in [6.07, 6.45) is 4.25. The summed E-state index contributed by atoms with van der Waals surface area (Å²) in [6.45, 7) is 20.2. The van der Waals surface area contributed by atoms with Gasteiger partial charge in [0.05, 0.1) is 47.5 Å². The second-order valence-electron chi connectivity index (χ2n) is 14.2. The SMILES string of the molecule is C[C@H]1CN(c2ccncc2NCc2ccnc(-c3c(F)cccc3F)n2)C[C@@H](NC(=O)OC(C)(C)C)[C@@H]1O[Si](C)(C)C(C)(C)C. The van der Waals surface area contributed by atoms with Gasteiger partial charge in [0.25, 0.3) is 0 Å². The summed E-state index contributed by atoms with van der Waals surface area (Å²) in [5.41, 5.74) is 1.30. The van der Waals surface area contributed by atoms with Gasteiger partial charge < -0.3 is 24.7 Å². The number of hydrogen-bond acceptors (Lipinski definition) is 8. The normalized spacial score (nSPS) is 19.3. The van der Waals surface area contributed by atoms with Crippen LogP contribution < -0.4 is 15.5 Å². The van der Waals surface area contributed by atoms with Gasteiger partial charge in [-0.15, -0.1) is 0 Å². The Labute approximate surface area is 266 Å². The van der Waals surface area contributed by atoms with E-state index in [1.165, 1.54) is 24.4 Å². The zero-order valence-corrected chi connectivity index (χ0v) is 28.7. The molecule has 2 aromatic heterocycles. The van der Waals surface area contributed by atoms with Crippen molar-refractivity contribution in [3.05, 3.63) is 66.3 Å². The molecule has 0 radical (unpaired) electrons. The van der Waals surface area contributed by atoms with Gasteiger partial charge in [0, 0.05) is 31.4 Å². The van der Waals surface area contributed by atoms with E-state index in [9.17, 15) is 13.6 Å². The molecule has 1 fully saturated rings. The molecule has 244 valence electrons. The molecule has 3 heterocycles. The van der Waals surface area contributed by atoms with Crippen LogP contribution in [-0.4, -0.2) is 60.2 Å². The Kier molecular flexibility index (Phi) is 10.2. The van der Waals surface area contributed by atoms with E-state index in [1.54, 1.807) is 18.5 Å². The van der Waals surface area contributed by atoms with E-state index in [4.69, 9.17) is 9.16 Å². The van der Waals surface area contributed by atoms with Crippen LogP contribution in [0.1, 0.15) is 54.2 Å². The van der Waals surface area contributed by atoms with Crippen molar-refractivity contribution in [1.29, 1.82) is 0 Å². The molecule has 1 aliphatic heterocycles. The Balaban J connectivity index is 1.57. The minimum atomic E-state index is -2.16. The van der Waals surface area contributed by atoms with Gasteiger partial charge in [0.1, 0.15) is 17.2 Å². The predicted octanol–water partition coefficient (Wildman–Crippen LogP) is 7.17. The second-order valence-corrected chi connectivity index (χ2v) is 18.9. The standard InChI is InChI=1S/C33H46F2N6O3Si/c1-21-19-41(20-26(40-31(42)43-32(2,3)4)29(21)44-45(8,9)33(5,6)7)27-14-15-36-18-25(27)38-17-22-13-16-37-30(39-22)28-23(34)11-10-12-24(28)35/h10-16,18,21,26,29,38H,17,19-20H2,1-9H3,(H,40,42)/t21-,26+,29+/m0/s1. The first-order valence-electron chi connectivity index (χ1n) is 15.3. The molecule has 4 rings (SSSR count). The number of carbonyl (C=O) groups is 1. The van der Waals surface area contributed by atoms with E-state index in [-0.39, 0.29) is 41.0 Å². The maximum Gasteiger partial charge on any atom is 0.408 e. The molecule has 0 bridgehead atoms. The lowest BCUT2D eigenvalue weighted by Gasteiger charge is -2.48. The van der Waals surface area contributed by atoms with Crippen LogP contribution >= 0.6 is 0 Å². The van der Waals surface area contributed by atoms with E-state index in [0.29, 0.717) is 18.8 Å². The number of alkyl carbamates (subject to hydrolysis) is 1. The maximum absolute atomic E-state index is 14.4. The minimum absolute atomic E-state index is 0.00141. The van der Waals surface area contributed by atoms with Crippen LogP contribution in [0.25, 0.3) is 11.4 Å². The van der Waals surface area contributed by atoms with Gasteiger partial charge in [-0.2, -0.15) is 0 Å². The number of pyridine rings is 1. The van der Waals surface area contributed by atoms with Gasteiger partial charge in [0.15, 0.2) is 14.1 Å². The molecule has 0 unspecified atom stereocenters. The zero-order valence-electron chi connectivity index (χ0n) is 27.7. The van der Waals surface area contributed by atoms with Crippen molar-refractivity contribution in [3.8, 4) is 11.4 Å². The number of halogens is 2. The number of nitrogens with zero attached hydrogens (tertiary/aromatic N) is 4.